The fourth-order valence-electron chi connectivity index (χ4n) is 4.86. The van der Waals surface area contributed by atoms with Crippen LogP contribution in [0.25, 0.3) is 0 Å². The second kappa shape index (κ2) is 11.4. The van der Waals surface area contributed by atoms with E-state index in [9.17, 15) is 9.18 Å². The number of rotatable bonds is 8. The predicted octanol–water partition coefficient (Wildman–Crippen LogP) is 5.70. The summed E-state index contributed by atoms with van der Waals surface area (Å²) in [4.78, 5) is 17.4. The molecule has 2 aromatic carbocycles. The highest BCUT2D eigenvalue weighted by Gasteiger charge is 2.54. The molecule has 0 aromatic heterocycles. The van der Waals surface area contributed by atoms with E-state index in [1.807, 2.05) is 41.3 Å². The molecule has 34 heavy (non-hydrogen) atoms. The van der Waals surface area contributed by atoms with Crippen LogP contribution in [0.15, 0.2) is 48.5 Å². The Morgan fingerprint density at radius 3 is 2.26 bits per heavy atom. The fourth-order valence-corrected chi connectivity index (χ4v) is 4.86. The van der Waals surface area contributed by atoms with E-state index >= 15 is 0 Å². The first kappa shape index (κ1) is 26.3. The van der Waals surface area contributed by atoms with E-state index in [-0.39, 0.29) is 30.4 Å². The number of halogens is 2. The summed E-state index contributed by atoms with van der Waals surface area (Å²) in [5, 5.41) is 0. The number of nitrogens with zero attached hydrogens (tertiary/aromatic N) is 2. The molecule has 0 N–H and O–H groups in total. The van der Waals surface area contributed by atoms with Crippen LogP contribution in [0.3, 0.4) is 0 Å². The van der Waals surface area contributed by atoms with Crippen LogP contribution in [0.2, 0.25) is 0 Å². The summed E-state index contributed by atoms with van der Waals surface area (Å²) in [5.41, 5.74) is 1.55. The number of carbonyl (C=O) groups excluding carboxylic acids is 1. The molecule has 2 fully saturated rings. The van der Waals surface area contributed by atoms with Gasteiger partial charge >= 0.3 is 6.09 Å². The lowest BCUT2D eigenvalue weighted by molar-refractivity contribution is -0.0206. The van der Waals surface area contributed by atoms with E-state index in [0.29, 0.717) is 25.5 Å². The third kappa shape index (κ3) is 6.02. The van der Waals surface area contributed by atoms with Crippen molar-refractivity contribution in [2.24, 2.45) is 5.92 Å². The van der Waals surface area contributed by atoms with Gasteiger partial charge in [-0.2, -0.15) is 0 Å². The van der Waals surface area contributed by atoms with E-state index in [1.54, 1.807) is 0 Å². The minimum atomic E-state index is -0.503. The molecular weight excluding hydrogens is 455 g/mol. The highest BCUT2D eigenvalue weighted by molar-refractivity contribution is 5.85. The Bertz CT molecular complexity index is 928. The molecule has 2 heterocycles. The summed E-state index contributed by atoms with van der Waals surface area (Å²) in [6.45, 7) is 10.4. The standard InChI is InChI=1S/C27H35FN2O3.ClH/c1-4-29-15-13-27(14-16-29)25(17-21-5-9-23(28)10-6-21)30(26(31)33-27)18-22-7-11-24(12-8-22)32-19-20(2)3;/h5-12,20,25H,4,13-19H2,1-3H3;1H. The van der Waals surface area contributed by atoms with Crippen LogP contribution in [0.4, 0.5) is 9.18 Å². The number of likely N-dealkylation sites (tertiary alicyclic amines) is 1. The van der Waals surface area contributed by atoms with Crippen molar-refractivity contribution in [3.05, 3.63) is 65.5 Å². The van der Waals surface area contributed by atoms with E-state index in [1.165, 1.54) is 12.1 Å². The molecule has 1 spiro atoms. The molecule has 0 radical (unpaired) electrons. The summed E-state index contributed by atoms with van der Waals surface area (Å²) >= 11 is 0. The number of piperidine rings is 1. The van der Waals surface area contributed by atoms with Crippen molar-refractivity contribution in [3.63, 3.8) is 0 Å². The van der Waals surface area contributed by atoms with Crippen LogP contribution in [-0.4, -0.2) is 53.8 Å². The molecule has 7 heteroatoms. The lowest BCUT2D eigenvalue weighted by Crippen LogP contribution is -2.53. The molecule has 5 nitrogen and oxygen atoms in total. The Kier molecular flexibility index (Phi) is 8.83. The summed E-state index contributed by atoms with van der Waals surface area (Å²) in [6.07, 6.45) is 2.02. The molecule has 2 saturated heterocycles. The van der Waals surface area contributed by atoms with Crippen molar-refractivity contribution in [2.45, 2.75) is 58.2 Å². The van der Waals surface area contributed by atoms with Crippen molar-refractivity contribution < 1.29 is 18.7 Å². The molecule has 1 atom stereocenters. The first-order valence-corrected chi connectivity index (χ1v) is 12.1. The number of amides is 1. The van der Waals surface area contributed by atoms with Gasteiger partial charge in [-0.3, -0.25) is 4.90 Å². The first-order chi connectivity index (χ1) is 15.9. The van der Waals surface area contributed by atoms with Crippen molar-refractivity contribution in [2.75, 3.05) is 26.2 Å². The largest absolute Gasteiger partial charge is 0.493 e. The van der Waals surface area contributed by atoms with Gasteiger partial charge in [0.1, 0.15) is 17.2 Å². The molecule has 2 aromatic rings. The second-order valence-electron chi connectivity index (χ2n) is 9.69. The Hall–Kier alpha value is -2.31. The van der Waals surface area contributed by atoms with Gasteiger partial charge in [0, 0.05) is 32.5 Å². The molecule has 0 aliphatic carbocycles. The lowest BCUT2D eigenvalue weighted by atomic mass is 9.81. The Morgan fingerprint density at radius 2 is 1.68 bits per heavy atom. The van der Waals surface area contributed by atoms with Crippen molar-refractivity contribution in [3.8, 4) is 5.75 Å². The first-order valence-electron chi connectivity index (χ1n) is 12.1. The summed E-state index contributed by atoms with van der Waals surface area (Å²) in [5.74, 6) is 1.05. The van der Waals surface area contributed by atoms with Crippen LogP contribution < -0.4 is 4.74 Å². The highest BCUT2D eigenvalue weighted by atomic mass is 35.5. The van der Waals surface area contributed by atoms with Crippen LogP contribution in [0, 0.1) is 11.7 Å². The zero-order valence-corrected chi connectivity index (χ0v) is 21.2. The number of benzene rings is 2. The van der Waals surface area contributed by atoms with Crippen molar-refractivity contribution in [1.82, 2.24) is 9.80 Å². The Labute approximate surface area is 208 Å². The lowest BCUT2D eigenvalue weighted by Gasteiger charge is -2.41. The Balaban J connectivity index is 0.00000324. The Morgan fingerprint density at radius 1 is 1.06 bits per heavy atom. The molecule has 4 rings (SSSR count). The van der Waals surface area contributed by atoms with Crippen LogP contribution >= 0.6 is 12.4 Å². The van der Waals surface area contributed by atoms with Gasteiger partial charge in [-0.05, 0) is 54.3 Å². The molecule has 2 aliphatic rings. The number of carbonyl (C=O) groups is 1. The van der Waals surface area contributed by atoms with Gasteiger partial charge in [0.05, 0.1) is 12.6 Å². The fraction of sp³-hybridized carbons (Fsp3) is 0.519. The summed E-state index contributed by atoms with van der Waals surface area (Å²) in [6, 6.07) is 14.5. The normalized spacial score (nSPS) is 19.9. The van der Waals surface area contributed by atoms with Crippen LogP contribution in [0.1, 0.15) is 44.7 Å². The molecular formula is C27H36ClFN2O3. The SMILES string of the molecule is CCN1CCC2(CC1)OC(=O)N(Cc1ccc(OCC(C)C)cc1)C2Cc1ccc(F)cc1.Cl. The number of hydrogen-bond acceptors (Lipinski definition) is 4. The van der Waals surface area contributed by atoms with E-state index in [0.717, 1.165) is 49.4 Å². The molecule has 0 bridgehead atoms. The maximum atomic E-state index is 13.5. The zero-order valence-electron chi connectivity index (χ0n) is 20.3. The molecule has 2 aliphatic heterocycles. The van der Waals surface area contributed by atoms with E-state index in [4.69, 9.17) is 9.47 Å². The molecule has 0 saturated carbocycles. The predicted molar refractivity (Wildman–Crippen MR) is 134 cm³/mol. The third-order valence-corrected chi connectivity index (χ3v) is 6.86. The van der Waals surface area contributed by atoms with Gasteiger partial charge in [-0.1, -0.05) is 45.0 Å². The zero-order chi connectivity index (χ0) is 23.4. The second-order valence-corrected chi connectivity index (χ2v) is 9.69. The van der Waals surface area contributed by atoms with Gasteiger partial charge in [0.25, 0.3) is 0 Å². The maximum absolute atomic E-state index is 13.5. The number of hydrogen-bond donors (Lipinski definition) is 0. The van der Waals surface area contributed by atoms with Crippen molar-refractivity contribution in [1.29, 1.82) is 0 Å². The van der Waals surface area contributed by atoms with E-state index in [2.05, 4.69) is 25.7 Å². The molecule has 1 amide bonds. The molecule has 186 valence electrons. The maximum Gasteiger partial charge on any atom is 0.411 e. The van der Waals surface area contributed by atoms with Crippen molar-refractivity contribution >= 4 is 18.5 Å². The minimum absolute atomic E-state index is 0. The van der Waals surface area contributed by atoms with Gasteiger partial charge in [-0.25, -0.2) is 9.18 Å². The quantitative estimate of drug-likeness (QED) is 0.476. The van der Waals surface area contributed by atoms with Crippen LogP contribution in [0.5, 0.6) is 5.75 Å². The minimum Gasteiger partial charge on any atom is -0.493 e. The third-order valence-electron chi connectivity index (χ3n) is 6.86. The van der Waals surface area contributed by atoms with E-state index < -0.39 is 5.60 Å². The number of ether oxygens (including phenoxy) is 2. The summed E-state index contributed by atoms with van der Waals surface area (Å²) < 4.78 is 25.4. The van der Waals surface area contributed by atoms with Crippen LogP contribution in [-0.2, 0) is 17.7 Å². The smallest absolute Gasteiger partial charge is 0.411 e. The molecule has 1 unspecified atom stereocenters. The van der Waals surface area contributed by atoms with Gasteiger partial charge < -0.3 is 14.4 Å². The average molecular weight is 491 g/mol. The van der Waals surface area contributed by atoms with Gasteiger partial charge in [0.2, 0.25) is 0 Å². The monoisotopic (exact) mass is 490 g/mol. The van der Waals surface area contributed by atoms with Gasteiger partial charge in [0.15, 0.2) is 0 Å². The average Bonchev–Trinajstić information content (AvgIpc) is 3.05. The summed E-state index contributed by atoms with van der Waals surface area (Å²) in [7, 11) is 0. The highest BCUT2D eigenvalue weighted by Crippen LogP contribution is 2.41. The van der Waals surface area contributed by atoms with Gasteiger partial charge in [-0.15, -0.1) is 12.4 Å². The topological polar surface area (TPSA) is 42.0 Å².